The van der Waals surface area contributed by atoms with E-state index in [1.165, 1.54) is 42.2 Å². The van der Waals surface area contributed by atoms with E-state index in [9.17, 15) is 13.6 Å². The van der Waals surface area contributed by atoms with Crippen LogP contribution in [0.2, 0.25) is 5.02 Å². The molecule has 2 aromatic rings. The molecule has 0 aliphatic carbocycles. The summed E-state index contributed by atoms with van der Waals surface area (Å²) < 4.78 is 34.0. The molecule has 3 N–H and O–H groups in total. The fourth-order valence-corrected chi connectivity index (χ4v) is 4.91. The number of hydrogen-bond acceptors (Lipinski definition) is 6. The number of benzene rings is 1. The lowest BCUT2D eigenvalue weighted by Crippen LogP contribution is -2.50. The number of nitrogens with one attached hydrogen (secondary N) is 1. The van der Waals surface area contributed by atoms with Crippen molar-refractivity contribution in [3.63, 3.8) is 0 Å². The van der Waals surface area contributed by atoms with Crippen molar-refractivity contribution >= 4 is 40.1 Å². The number of amidine groups is 1. The predicted molar refractivity (Wildman–Crippen MR) is 113 cm³/mol. The fourth-order valence-electron chi connectivity index (χ4n) is 3.83. The molecule has 6 nitrogen and oxygen atoms in total. The summed E-state index contributed by atoms with van der Waals surface area (Å²) in [6.07, 6.45) is 0.839. The van der Waals surface area contributed by atoms with Gasteiger partial charge in [-0.25, -0.2) is 13.8 Å². The Balaban J connectivity index is 1.70. The molecule has 158 valence electrons. The Bertz CT molecular complexity index is 991. The zero-order valence-corrected chi connectivity index (χ0v) is 17.4. The highest BCUT2D eigenvalue weighted by Crippen LogP contribution is 2.48. The second-order valence-corrected chi connectivity index (χ2v) is 8.68. The predicted octanol–water partition coefficient (Wildman–Crippen LogP) is 3.76. The minimum Gasteiger partial charge on any atom is -0.379 e. The summed E-state index contributed by atoms with van der Waals surface area (Å²) >= 11 is 7.17. The lowest BCUT2D eigenvalue weighted by atomic mass is 9.73. The van der Waals surface area contributed by atoms with Crippen LogP contribution in [-0.2, 0) is 10.3 Å². The summed E-state index contributed by atoms with van der Waals surface area (Å²) in [5.41, 5.74) is 5.73. The summed E-state index contributed by atoms with van der Waals surface area (Å²) in [6, 6.07) is 7.29. The van der Waals surface area contributed by atoms with Gasteiger partial charge in [-0.2, -0.15) is 0 Å². The summed E-state index contributed by atoms with van der Waals surface area (Å²) in [5, 5.41) is 3.45. The number of amides is 1. The number of aliphatic imine (C=N–C) groups is 1. The minimum absolute atomic E-state index is 0.168. The Morgan fingerprint density at radius 3 is 2.97 bits per heavy atom. The van der Waals surface area contributed by atoms with E-state index in [2.05, 4.69) is 15.3 Å². The number of carbonyl (C=O) groups excluding carboxylic acids is 1. The van der Waals surface area contributed by atoms with Gasteiger partial charge in [0.05, 0.1) is 23.3 Å². The van der Waals surface area contributed by atoms with Crippen molar-refractivity contribution in [2.75, 3.05) is 24.4 Å². The van der Waals surface area contributed by atoms with E-state index in [0.717, 1.165) is 0 Å². The number of ether oxygens (including phenoxy) is 1. The van der Waals surface area contributed by atoms with E-state index >= 15 is 0 Å². The van der Waals surface area contributed by atoms with E-state index in [1.807, 2.05) is 0 Å². The molecular weight excluding hydrogens is 434 g/mol. The number of nitrogens with zero attached hydrogens (tertiary/aromatic N) is 2. The number of pyridine rings is 1. The van der Waals surface area contributed by atoms with Gasteiger partial charge in [-0.05, 0) is 30.3 Å². The maximum Gasteiger partial charge on any atom is 0.274 e. The first-order chi connectivity index (χ1) is 14.4. The number of rotatable bonds is 4. The number of aromatic nitrogens is 1. The first-order valence-electron chi connectivity index (χ1n) is 9.30. The molecule has 0 saturated carbocycles. The fraction of sp³-hybridized carbons (Fsp3) is 0.350. The third-order valence-corrected chi connectivity index (χ3v) is 6.49. The largest absolute Gasteiger partial charge is 0.379 e. The van der Waals surface area contributed by atoms with Gasteiger partial charge < -0.3 is 15.8 Å². The van der Waals surface area contributed by atoms with Crippen LogP contribution in [0.25, 0.3) is 0 Å². The Kier molecular flexibility index (Phi) is 5.95. The molecule has 3 heterocycles. The summed E-state index contributed by atoms with van der Waals surface area (Å²) in [7, 11) is 0. The van der Waals surface area contributed by atoms with Gasteiger partial charge in [0.2, 0.25) is 0 Å². The molecule has 0 radical (unpaired) electrons. The molecule has 1 amide bonds. The highest BCUT2D eigenvalue weighted by Gasteiger charge is 2.49. The van der Waals surface area contributed by atoms with E-state index in [0.29, 0.717) is 21.6 Å². The first kappa shape index (κ1) is 21.0. The topological polar surface area (TPSA) is 89.6 Å². The number of hydrogen-bond donors (Lipinski definition) is 2. The standard InChI is InChI=1S/C20H19ClF2N4O2S/c21-12-1-4-17(25-8-12)18(28)26-13-2-3-16(23)15(5-13)20-6-14(7-22)29-9-11(20)10-30-19(24)27-20/h1-5,8,11,14H,6-7,9-10H2,(H2,24,27)(H,26,28)/t11-,14+,20?/m0/s1. The maximum atomic E-state index is 15.0. The van der Waals surface area contributed by atoms with Crippen LogP contribution >= 0.6 is 23.4 Å². The molecule has 2 aliphatic heterocycles. The second kappa shape index (κ2) is 8.49. The monoisotopic (exact) mass is 452 g/mol. The third kappa shape index (κ3) is 4.01. The Labute approximate surface area is 181 Å². The normalized spacial score (nSPS) is 25.9. The minimum atomic E-state index is -1.05. The van der Waals surface area contributed by atoms with Crippen molar-refractivity contribution in [1.29, 1.82) is 0 Å². The van der Waals surface area contributed by atoms with Crippen molar-refractivity contribution in [3.05, 3.63) is 58.6 Å². The number of thioether (sulfide) groups is 1. The molecule has 1 unspecified atom stereocenters. The van der Waals surface area contributed by atoms with Crippen LogP contribution in [0.15, 0.2) is 41.5 Å². The van der Waals surface area contributed by atoms with E-state index in [1.54, 1.807) is 6.07 Å². The summed E-state index contributed by atoms with van der Waals surface area (Å²) in [6.45, 7) is -0.444. The van der Waals surface area contributed by atoms with Crippen molar-refractivity contribution in [1.82, 2.24) is 4.98 Å². The van der Waals surface area contributed by atoms with Crippen LogP contribution in [0, 0.1) is 11.7 Å². The molecule has 0 spiro atoms. The molecule has 0 bridgehead atoms. The number of anilines is 1. The highest BCUT2D eigenvalue weighted by atomic mass is 35.5. The first-order valence-corrected chi connectivity index (χ1v) is 10.7. The number of nitrogens with two attached hydrogens (primary N) is 1. The van der Waals surface area contributed by atoms with E-state index < -0.39 is 30.0 Å². The zero-order chi connectivity index (χ0) is 21.3. The van der Waals surface area contributed by atoms with Gasteiger partial charge in [0.15, 0.2) is 5.17 Å². The van der Waals surface area contributed by atoms with Crippen LogP contribution in [-0.4, -0.2) is 41.2 Å². The Hall–Kier alpha value is -2.23. The second-order valence-electron chi connectivity index (χ2n) is 7.21. The number of alkyl halides is 1. The zero-order valence-electron chi connectivity index (χ0n) is 15.8. The smallest absolute Gasteiger partial charge is 0.274 e. The SMILES string of the molecule is NC1=NC2(c3cc(NC(=O)c4ccc(Cl)cn4)ccc3F)C[C@H](CF)OC[C@H]2CS1. The lowest BCUT2D eigenvalue weighted by molar-refractivity contribution is -0.0620. The number of carbonyl (C=O) groups is 1. The maximum absolute atomic E-state index is 15.0. The quantitative estimate of drug-likeness (QED) is 0.737. The van der Waals surface area contributed by atoms with E-state index in [-0.39, 0.29) is 30.2 Å². The van der Waals surface area contributed by atoms with Crippen LogP contribution < -0.4 is 11.1 Å². The lowest BCUT2D eigenvalue weighted by Gasteiger charge is -2.46. The molecule has 1 saturated heterocycles. The van der Waals surface area contributed by atoms with Gasteiger partial charge in [-0.15, -0.1) is 0 Å². The molecule has 3 atom stereocenters. The van der Waals surface area contributed by atoms with Crippen molar-refractivity contribution in [2.24, 2.45) is 16.6 Å². The highest BCUT2D eigenvalue weighted by molar-refractivity contribution is 8.13. The molecule has 4 rings (SSSR count). The van der Waals surface area contributed by atoms with Crippen LogP contribution in [0.1, 0.15) is 22.5 Å². The van der Waals surface area contributed by atoms with Crippen LogP contribution in [0.5, 0.6) is 0 Å². The van der Waals surface area contributed by atoms with Crippen molar-refractivity contribution < 1.29 is 18.3 Å². The number of fused-ring (bicyclic) bond motifs is 1. The molecule has 30 heavy (non-hydrogen) atoms. The Morgan fingerprint density at radius 1 is 1.40 bits per heavy atom. The van der Waals surface area contributed by atoms with E-state index in [4.69, 9.17) is 22.1 Å². The molecular formula is C20H19ClF2N4O2S. The summed E-state index contributed by atoms with van der Waals surface area (Å²) in [5.74, 6) is -0.547. The van der Waals surface area contributed by atoms with Crippen LogP contribution in [0.3, 0.4) is 0 Å². The van der Waals surface area contributed by atoms with Crippen LogP contribution in [0.4, 0.5) is 14.5 Å². The molecule has 1 fully saturated rings. The van der Waals surface area contributed by atoms with Crippen molar-refractivity contribution in [3.8, 4) is 0 Å². The Morgan fingerprint density at radius 2 is 2.23 bits per heavy atom. The average molecular weight is 453 g/mol. The van der Waals surface area contributed by atoms with Gasteiger partial charge in [-0.1, -0.05) is 23.4 Å². The van der Waals surface area contributed by atoms with Gasteiger partial charge in [0.1, 0.15) is 18.2 Å². The average Bonchev–Trinajstić information content (AvgIpc) is 2.74. The van der Waals surface area contributed by atoms with Gasteiger partial charge in [0, 0.05) is 35.5 Å². The van der Waals surface area contributed by atoms with Crippen molar-refractivity contribution in [2.45, 2.75) is 18.1 Å². The molecule has 1 aromatic carbocycles. The molecule has 10 heteroatoms. The summed E-state index contributed by atoms with van der Waals surface area (Å²) in [4.78, 5) is 21.1. The van der Waals surface area contributed by atoms with Gasteiger partial charge in [0.25, 0.3) is 5.91 Å². The van der Waals surface area contributed by atoms with Gasteiger partial charge in [-0.3, -0.25) is 9.79 Å². The number of halogens is 3. The molecule has 2 aliphatic rings. The van der Waals surface area contributed by atoms with Gasteiger partial charge >= 0.3 is 0 Å². The molecule has 1 aromatic heterocycles. The third-order valence-electron chi connectivity index (χ3n) is 5.31.